The quantitative estimate of drug-likeness (QED) is 0.507. The molecule has 0 fully saturated rings. The molecule has 0 bridgehead atoms. The molecule has 0 spiro atoms. The molecule has 1 amide bonds. The van der Waals surface area contributed by atoms with Crippen LogP contribution in [0.25, 0.3) is 0 Å². The van der Waals surface area contributed by atoms with Gasteiger partial charge in [-0.3, -0.25) is 4.79 Å². The van der Waals surface area contributed by atoms with Crippen LogP contribution < -0.4 is 0 Å². The molecule has 7 heteroatoms. The van der Waals surface area contributed by atoms with Gasteiger partial charge in [0.05, 0.1) is 12.2 Å². The number of rotatable bonds is 8. The van der Waals surface area contributed by atoms with E-state index in [1.165, 1.54) is 24.5 Å². The van der Waals surface area contributed by atoms with Gasteiger partial charge in [-0.25, -0.2) is 15.0 Å². The van der Waals surface area contributed by atoms with Gasteiger partial charge in [0.25, 0.3) is 5.91 Å². The summed E-state index contributed by atoms with van der Waals surface area (Å²) in [5.41, 5.74) is 1.66. The minimum atomic E-state index is -0.670. The molecule has 0 aromatic carbocycles. The Morgan fingerprint density at radius 2 is 2.08 bits per heavy atom. The largest absolute Gasteiger partial charge is 0.331 e. The molecule has 0 aliphatic rings. The Morgan fingerprint density at radius 1 is 1.31 bits per heavy atom. The fourth-order valence-corrected chi connectivity index (χ4v) is 2.84. The van der Waals surface area contributed by atoms with E-state index in [9.17, 15) is 9.18 Å². The standard InChI is InChI=1S/C19H24ClFN4O/c1-4-6-14-16(22-12-23-18(14)20)11-25(10-9-13(2)3)19(26)15-7-5-8-17(21)24-15/h5,7-8,12-13H,4,6,9-11H2,1-3H3. The second kappa shape index (κ2) is 9.57. The Labute approximate surface area is 158 Å². The normalized spacial score (nSPS) is 11.0. The molecule has 0 radical (unpaired) electrons. The highest BCUT2D eigenvalue weighted by Crippen LogP contribution is 2.20. The molecule has 0 aliphatic heterocycles. The molecule has 0 N–H and O–H groups in total. The topological polar surface area (TPSA) is 59.0 Å². The first-order valence-electron chi connectivity index (χ1n) is 8.82. The number of hydrogen-bond donors (Lipinski definition) is 0. The molecule has 0 saturated carbocycles. The zero-order valence-electron chi connectivity index (χ0n) is 15.4. The van der Waals surface area contributed by atoms with Crippen LogP contribution in [0.1, 0.15) is 55.4 Å². The lowest BCUT2D eigenvalue weighted by Gasteiger charge is -2.24. The van der Waals surface area contributed by atoms with Crippen LogP contribution in [0, 0.1) is 11.9 Å². The van der Waals surface area contributed by atoms with Gasteiger partial charge in [-0.05, 0) is 30.9 Å². The average Bonchev–Trinajstić information content (AvgIpc) is 2.60. The summed E-state index contributed by atoms with van der Waals surface area (Å²) in [7, 11) is 0. The molecule has 0 saturated heterocycles. The summed E-state index contributed by atoms with van der Waals surface area (Å²) in [5, 5.41) is 0.414. The second-order valence-electron chi connectivity index (χ2n) is 6.59. The predicted octanol–water partition coefficient (Wildman–Crippen LogP) is 4.31. The van der Waals surface area contributed by atoms with Crippen molar-refractivity contribution in [3.05, 3.63) is 52.6 Å². The van der Waals surface area contributed by atoms with E-state index in [2.05, 4.69) is 28.8 Å². The second-order valence-corrected chi connectivity index (χ2v) is 6.95. The molecule has 0 aliphatic carbocycles. The number of amides is 1. The van der Waals surface area contributed by atoms with Crippen molar-refractivity contribution in [2.24, 2.45) is 5.92 Å². The molecule has 2 aromatic heterocycles. The summed E-state index contributed by atoms with van der Waals surface area (Å²) in [5.74, 6) is -0.561. The van der Waals surface area contributed by atoms with Crippen LogP contribution in [0.2, 0.25) is 5.15 Å². The SMILES string of the molecule is CCCc1c(Cl)ncnc1CN(CCC(C)C)C(=O)c1cccc(F)n1. The van der Waals surface area contributed by atoms with Gasteiger partial charge in [-0.1, -0.05) is 44.9 Å². The van der Waals surface area contributed by atoms with E-state index in [0.29, 0.717) is 24.2 Å². The van der Waals surface area contributed by atoms with Gasteiger partial charge >= 0.3 is 0 Å². The lowest BCUT2D eigenvalue weighted by Crippen LogP contribution is -2.33. The number of halogens is 2. The molecular formula is C19H24ClFN4O. The lowest BCUT2D eigenvalue weighted by molar-refractivity contribution is 0.0725. The van der Waals surface area contributed by atoms with Crippen molar-refractivity contribution in [1.29, 1.82) is 0 Å². The van der Waals surface area contributed by atoms with Crippen molar-refractivity contribution >= 4 is 17.5 Å². The van der Waals surface area contributed by atoms with E-state index >= 15 is 0 Å². The first kappa shape index (κ1) is 20.2. The summed E-state index contributed by atoms with van der Waals surface area (Å²) in [6.07, 6.45) is 3.86. The van der Waals surface area contributed by atoms with E-state index in [1.54, 1.807) is 4.90 Å². The van der Waals surface area contributed by atoms with E-state index in [0.717, 1.165) is 30.5 Å². The number of carbonyl (C=O) groups is 1. The fourth-order valence-electron chi connectivity index (χ4n) is 2.59. The van der Waals surface area contributed by atoms with Crippen LogP contribution >= 0.6 is 11.6 Å². The molecular weight excluding hydrogens is 355 g/mol. The van der Waals surface area contributed by atoms with Gasteiger partial charge < -0.3 is 4.90 Å². The van der Waals surface area contributed by atoms with E-state index in [1.807, 2.05) is 6.92 Å². The zero-order valence-corrected chi connectivity index (χ0v) is 16.1. The monoisotopic (exact) mass is 378 g/mol. The van der Waals surface area contributed by atoms with Crippen LogP contribution in [0.3, 0.4) is 0 Å². The van der Waals surface area contributed by atoms with E-state index in [-0.39, 0.29) is 11.6 Å². The minimum absolute atomic E-state index is 0.0888. The fraction of sp³-hybridized carbons (Fsp3) is 0.474. The third-order valence-electron chi connectivity index (χ3n) is 4.02. The van der Waals surface area contributed by atoms with E-state index < -0.39 is 5.95 Å². The molecule has 2 aromatic rings. The molecule has 5 nitrogen and oxygen atoms in total. The van der Waals surface area contributed by atoms with Crippen LogP contribution in [-0.4, -0.2) is 32.3 Å². The highest BCUT2D eigenvalue weighted by atomic mass is 35.5. The van der Waals surface area contributed by atoms with Crippen molar-refractivity contribution < 1.29 is 9.18 Å². The Balaban J connectivity index is 2.30. The number of nitrogens with zero attached hydrogens (tertiary/aromatic N) is 4. The molecule has 26 heavy (non-hydrogen) atoms. The summed E-state index contributed by atoms with van der Waals surface area (Å²) in [6, 6.07) is 4.23. The summed E-state index contributed by atoms with van der Waals surface area (Å²) >= 11 is 6.22. The third kappa shape index (κ3) is 5.46. The molecule has 2 heterocycles. The van der Waals surface area contributed by atoms with Gasteiger partial charge in [0, 0.05) is 12.1 Å². The molecule has 140 valence electrons. The van der Waals surface area contributed by atoms with Gasteiger partial charge in [-0.15, -0.1) is 0 Å². The first-order valence-corrected chi connectivity index (χ1v) is 9.20. The smallest absolute Gasteiger partial charge is 0.272 e. The summed E-state index contributed by atoms with van der Waals surface area (Å²) < 4.78 is 13.4. The van der Waals surface area contributed by atoms with Crippen molar-refractivity contribution in [2.75, 3.05) is 6.54 Å². The molecule has 0 unspecified atom stereocenters. The minimum Gasteiger partial charge on any atom is -0.331 e. The molecule has 2 rings (SSSR count). The average molecular weight is 379 g/mol. The molecule has 0 atom stereocenters. The van der Waals surface area contributed by atoms with Crippen LogP contribution in [0.4, 0.5) is 4.39 Å². The number of pyridine rings is 1. The Hall–Kier alpha value is -2.08. The Bertz CT molecular complexity index is 754. The highest BCUT2D eigenvalue weighted by Gasteiger charge is 2.21. The maximum absolute atomic E-state index is 13.4. The highest BCUT2D eigenvalue weighted by molar-refractivity contribution is 6.30. The van der Waals surface area contributed by atoms with Gasteiger partial charge in [0.1, 0.15) is 17.2 Å². The number of aromatic nitrogens is 3. The summed E-state index contributed by atoms with van der Waals surface area (Å²) in [4.78, 5) is 26.6. The van der Waals surface area contributed by atoms with Crippen molar-refractivity contribution in [3.8, 4) is 0 Å². The third-order valence-corrected chi connectivity index (χ3v) is 4.35. The maximum atomic E-state index is 13.4. The number of hydrogen-bond acceptors (Lipinski definition) is 4. The van der Waals surface area contributed by atoms with Gasteiger partial charge in [0.15, 0.2) is 0 Å². The van der Waals surface area contributed by atoms with Gasteiger partial charge in [-0.2, -0.15) is 4.39 Å². The van der Waals surface area contributed by atoms with Crippen LogP contribution in [0.15, 0.2) is 24.5 Å². The van der Waals surface area contributed by atoms with Crippen molar-refractivity contribution in [3.63, 3.8) is 0 Å². The summed E-state index contributed by atoms with van der Waals surface area (Å²) in [6.45, 7) is 7.05. The van der Waals surface area contributed by atoms with Crippen molar-refractivity contribution in [2.45, 2.75) is 46.6 Å². The lowest BCUT2D eigenvalue weighted by atomic mass is 10.1. The van der Waals surface area contributed by atoms with Crippen LogP contribution in [-0.2, 0) is 13.0 Å². The Kier molecular flexibility index (Phi) is 7.45. The number of carbonyl (C=O) groups excluding carboxylic acids is 1. The Morgan fingerprint density at radius 3 is 2.73 bits per heavy atom. The van der Waals surface area contributed by atoms with Crippen molar-refractivity contribution in [1.82, 2.24) is 19.9 Å². The maximum Gasteiger partial charge on any atom is 0.272 e. The first-order chi connectivity index (χ1) is 12.4. The van der Waals surface area contributed by atoms with E-state index in [4.69, 9.17) is 11.6 Å². The zero-order chi connectivity index (χ0) is 19.1. The predicted molar refractivity (Wildman–Crippen MR) is 99.4 cm³/mol. The van der Waals surface area contributed by atoms with Gasteiger partial charge in [0.2, 0.25) is 5.95 Å². The van der Waals surface area contributed by atoms with Crippen LogP contribution in [0.5, 0.6) is 0 Å².